The highest BCUT2D eigenvalue weighted by Gasteiger charge is 2.38. The van der Waals surface area contributed by atoms with Gasteiger partial charge in [0.05, 0.1) is 5.69 Å². The predicted octanol–water partition coefficient (Wildman–Crippen LogP) is 3.94. The van der Waals surface area contributed by atoms with Crippen molar-refractivity contribution in [2.24, 2.45) is 0 Å². The van der Waals surface area contributed by atoms with E-state index in [1.165, 1.54) is 4.68 Å². The molecule has 6 heteroatoms. The summed E-state index contributed by atoms with van der Waals surface area (Å²) in [5.74, 6) is -0.553. The maximum Gasteiger partial charge on any atom is 0.453 e. The van der Waals surface area contributed by atoms with Gasteiger partial charge in [-0.3, -0.25) is 0 Å². The van der Waals surface area contributed by atoms with Crippen LogP contribution in [0.4, 0.5) is 13.2 Å². The summed E-state index contributed by atoms with van der Waals surface area (Å²) < 4.78 is 39.9. The van der Waals surface area contributed by atoms with Gasteiger partial charge in [0.15, 0.2) is 0 Å². The van der Waals surface area contributed by atoms with Crippen molar-refractivity contribution in [3.8, 4) is 5.69 Å². The van der Waals surface area contributed by atoms with Crippen LogP contribution in [0, 0.1) is 0 Å². The molecule has 0 N–H and O–H groups in total. The van der Waals surface area contributed by atoms with Crippen LogP contribution < -0.4 is 0 Å². The molecule has 2 aromatic rings. The molecule has 1 aromatic carbocycles. The standard InChI is InChI=1S/C14H14F3N3/c15-14(16,17)13-18-12(10-6-4-5-7-10)20(19-13)11-8-2-1-3-9-11/h1-3,8-10H,4-7H2. The molecule has 1 saturated carbocycles. The Bertz CT molecular complexity index is 583. The Morgan fingerprint density at radius 3 is 2.30 bits per heavy atom. The number of hydrogen-bond acceptors (Lipinski definition) is 2. The Kier molecular flexibility index (Phi) is 3.23. The second-order valence-corrected chi connectivity index (χ2v) is 5.02. The summed E-state index contributed by atoms with van der Waals surface area (Å²) in [4.78, 5) is 3.77. The van der Waals surface area contributed by atoms with Crippen molar-refractivity contribution in [3.63, 3.8) is 0 Å². The van der Waals surface area contributed by atoms with Gasteiger partial charge >= 0.3 is 6.18 Å². The smallest absolute Gasteiger partial charge is 0.217 e. The summed E-state index contributed by atoms with van der Waals surface area (Å²) >= 11 is 0. The van der Waals surface area contributed by atoms with Gasteiger partial charge in [-0.05, 0) is 25.0 Å². The molecule has 1 aliphatic carbocycles. The fourth-order valence-corrected chi connectivity index (χ4v) is 2.65. The normalized spacial score (nSPS) is 16.8. The van der Waals surface area contributed by atoms with Gasteiger partial charge in [0.2, 0.25) is 0 Å². The van der Waals surface area contributed by atoms with Gasteiger partial charge in [0, 0.05) is 5.92 Å². The van der Waals surface area contributed by atoms with E-state index >= 15 is 0 Å². The fourth-order valence-electron chi connectivity index (χ4n) is 2.65. The average Bonchev–Trinajstić information content (AvgIpc) is 3.08. The SMILES string of the molecule is FC(F)(F)c1nc(C2CCCC2)n(-c2ccccc2)n1. The zero-order valence-electron chi connectivity index (χ0n) is 10.8. The third-order valence-corrected chi connectivity index (χ3v) is 3.61. The van der Waals surface area contributed by atoms with Crippen LogP contribution in [0.1, 0.15) is 43.3 Å². The Morgan fingerprint density at radius 1 is 1.05 bits per heavy atom. The molecule has 1 aromatic heterocycles. The first-order valence-corrected chi connectivity index (χ1v) is 6.65. The van der Waals surface area contributed by atoms with E-state index in [1.807, 2.05) is 6.07 Å². The number of benzene rings is 1. The lowest BCUT2D eigenvalue weighted by atomic mass is 10.1. The van der Waals surface area contributed by atoms with E-state index in [2.05, 4.69) is 10.1 Å². The lowest BCUT2D eigenvalue weighted by Gasteiger charge is -2.10. The van der Waals surface area contributed by atoms with Gasteiger partial charge in [0.1, 0.15) is 5.82 Å². The maximum absolute atomic E-state index is 12.8. The minimum atomic E-state index is -4.51. The zero-order chi connectivity index (χ0) is 14.2. The first-order valence-electron chi connectivity index (χ1n) is 6.65. The molecule has 106 valence electrons. The van der Waals surface area contributed by atoms with Crippen LogP contribution >= 0.6 is 0 Å². The Labute approximate surface area is 114 Å². The predicted molar refractivity (Wildman–Crippen MR) is 67.6 cm³/mol. The van der Waals surface area contributed by atoms with Crippen molar-refractivity contribution in [2.45, 2.75) is 37.8 Å². The van der Waals surface area contributed by atoms with E-state index in [0.717, 1.165) is 25.7 Å². The summed E-state index contributed by atoms with van der Waals surface area (Å²) in [6.07, 6.45) is -0.680. The molecule has 1 fully saturated rings. The summed E-state index contributed by atoms with van der Waals surface area (Å²) in [5.41, 5.74) is 0.623. The van der Waals surface area contributed by atoms with Crippen LogP contribution in [-0.2, 0) is 6.18 Å². The van der Waals surface area contributed by atoms with E-state index in [4.69, 9.17) is 0 Å². The molecule has 0 amide bonds. The summed E-state index contributed by atoms with van der Waals surface area (Å²) in [7, 11) is 0. The number of rotatable bonds is 2. The molecule has 20 heavy (non-hydrogen) atoms. The molecule has 0 unspecified atom stereocenters. The van der Waals surface area contributed by atoms with Crippen LogP contribution in [0.15, 0.2) is 30.3 Å². The van der Waals surface area contributed by atoms with Gasteiger partial charge in [-0.15, -0.1) is 5.10 Å². The molecule has 3 nitrogen and oxygen atoms in total. The lowest BCUT2D eigenvalue weighted by Crippen LogP contribution is -2.08. The van der Waals surface area contributed by atoms with Crippen molar-refractivity contribution in [2.75, 3.05) is 0 Å². The summed E-state index contributed by atoms with van der Waals surface area (Å²) in [6.45, 7) is 0. The first-order chi connectivity index (χ1) is 9.55. The molecular weight excluding hydrogens is 267 g/mol. The van der Waals surface area contributed by atoms with Crippen molar-refractivity contribution >= 4 is 0 Å². The van der Waals surface area contributed by atoms with Gasteiger partial charge in [0.25, 0.3) is 5.82 Å². The monoisotopic (exact) mass is 281 g/mol. The minimum absolute atomic E-state index is 0.0683. The summed E-state index contributed by atoms with van der Waals surface area (Å²) in [6, 6.07) is 8.87. The van der Waals surface area contributed by atoms with E-state index < -0.39 is 12.0 Å². The highest BCUT2D eigenvalue weighted by molar-refractivity contribution is 5.32. The Hall–Kier alpha value is -1.85. The molecule has 0 radical (unpaired) electrons. The highest BCUT2D eigenvalue weighted by atomic mass is 19.4. The lowest BCUT2D eigenvalue weighted by molar-refractivity contribution is -0.144. The molecule has 1 aliphatic rings. The number of hydrogen-bond donors (Lipinski definition) is 0. The molecule has 0 saturated heterocycles. The molecule has 0 spiro atoms. The maximum atomic E-state index is 12.8. The molecule has 0 atom stereocenters. The van der Waals surface area contributed by atoms with Crippen LogP contribution in [0.2, 0.25) is 0 Å². The minimum Gasteiger partial charge on any atom is -0.217 e. The third kappa shape index (κ3) is 2.42. The molecule has 1 heterocycles. The van der Waals surface area contributed by atoms with Gasteiger partial charge in [-0.25, -0.2) is 9.67 Å². The van der Waals surface area contributed by atoms with Gasteiger partial charge < -0.3 is 0 Å². The Morgan fingerprint density at radius 2 is 1.70 bits per heavy atom. The molecule has 0 aliphatic heterocycles. The largest absolute Gasteiger partial charge is 0.453 e. The topological polar surface area (TPSA) is 30.7 Å². The second-order valence-electron chi connectivity index (χ2n) is 5.02. The van der Waals surface area contributed by atoms with Crippen molar-refractivity contribution in [1.29, 1.82) is 0 Å². The zero-order valence-corrected chi connectivity index (χ0v) is 10.8. The third-order valence-electron chi connectivity index (χ3n) is 3.61. The van der Waals surface area contributed by atoms with Gasteiger partial charge in [-0.1, -0.05) is 31.0 Å². The van der Waals surface area contributed by atoms with Crippen LogP contribution in [0.25, 0.3) is 5.69 Å². The van der Waals surface area contributed by atoms with E-state index in [0.29, 0.717) is 11.5 Å². The number of nitrogens with zero attached hydrogens (tertiary/aromatic N) is 3. The van der Waals surface area contributed by atoms with Crippen LogP contribution in [0.3, 0.4) is 0 Å². The fraction of sp³-hybridized carbons (Fsp3) is 0.429. The van der Waals surface area contributed by atoms with Crippen LogP contribution in [-0.4, -0.2) is 14.8 Å². The van der Waals surface area contributed by atoms with Crippen LogP contribution in [0.5, 0.6) is 0 Å². The summed E-state index contributed by atoms with van der Waals surface area (Å²) in [5, 5.41) is 3.68. The second kappa shape index (κ2) is 4.92. The first kappa shape index (κ1) is 13.1. The van der Waals surface area contributed by atoms with Crippen molar-refractivity contribution in [1.82, 2.24) is 14.8 Å². The average molecular weight is 281 g/mol. The molecule has 0 bridgehead atoms. The van der Waals surface area contributed by atoms with E-state index in [-0.39, 0.29) is 5.92 Å². The molecule has 3 rings (SSSR count). The number of alkyl halides is 3. The van der Waals surface area contributed by atoms with E-state index in [1.54, 1.807) is 24.3 Å². The number of para-hydroxylation sites is 1. The Balaban J connectivity index is 2.09. The number of halogens is 3. The number of aromatic nitrogens is 3. The van der Waals surface area contributed by atoms with Crippen molar-refractivity contribution in [3.05, 3.63) is 42.0 Å². The van der Waals surface area contributed by atoms with Gasteiger partial charge in [-0.2, -0.15) is 13.2 Å². The van der Waals surface area contributed by atoms with E-state index in [9.17, 15) is 13.2 Å². The molecular formula is C14H14F3N3. The quantitative estimate of drug-likeness (QED) is 0.834. The highest BCUT2D eigenvalue weighted by Crippen LogP contribution is 2.36. The van der Waals surface area contributed by atoms with Crippen molar-refractivity contribution < 1.29 is 13.2 Å².